The summed E-state index contributed by atoms with van der Waals surface area (Å²) >= 11 is 0. The van der Waals surface area contributed by atoms with Crippen LogP contribution in [0.5, 0.6) is 5.75 Å². The molecule has 3 aromatic carbocycles. The summed E-state index contributed by atoms with van der Waals surface area (Å²) in [5.41, 5.74) is -1.21. The number of hydrogen-bond acceptors (Lipinski definition) is 1. The first-order valence-electron chi connectivity index (χ1n) is 10.8. The topological polar surface area (TPSA) is 9.23 Å². The average Bonchev–Trinajstić information content (AvgIpc) is 2.75. The molecule has 1 aliphatic rings. The second-order valence-electron chi connectivity index (χ2n) is 8.30. The zero-order chi connectivity index (χ0) is 26.4. The molecular formula is C26H17F9O. The maximum atomic E-state index is 15.3. The molecule has 4 rings (SSSR count). The van der Waals surface area contributed by atoms with Gasteiger partial charge >= 0.3 is 6.36 Å². The molecule has 0 heterocycles. The molecule has 0 N–H and O–H groups in total. The van der Waals surface area contributed by atoms with Gasteiger partial charge in [-0.25, -0.2) is 26.3 Å². The van der Waals surface area contributed by atoms with Crippen LogP contribution in [0, 0.1) is 34.9 Å². The van der Waals surface area contributed by atoms with Crippen molar-refractivity contribution < 1.29 is 44.3 Å². The van der Waals surface area contributed by atoms with Crippen LogP contribution < -0.4 is 4.74 Å². The van der Waals surface area contributed by atoms with Gasteiger partial charge in [-0.05, 0) is 77.4 Å². The lowest BCUT2D eigenvalue weighted by Gasteiger charge is -2.21. The van der Waals surface area contributed by atoms with E-state index in [-0.39, 0.29) is 35.1 Å². The summed E-state index contributed by atoms with van der Waals surface area (Å²) in [4.78, 5) is 0. The molecule has 0 radical (unpaired) electrons. The lowest BCUT2D eigenvalue weighted by molar-refractivity contribution is -0.276. The van der Waals surface area contributed by atoms with E-state index in [1.165, 1.54) is 18.2 Å². The summed E-state index contributed by atoms with van der Waals surface area (Å²) in [5.74, 6) is -9.43. The van der Waals surface area contributed by atoms with Gasteiger partial charge in [0.2, 0.25) is 5.75 Å². The van der Waals surface area contributed by atoms with Crippen molar-refractivity contribution in [2.75, 3.05) is 0 Å². The van der Waals surface area contributed by atoms with Gasteiger partial charge in [-0.2, -0.15) is 0 Å². The average molecular weight is 516 g/mol. The summed E-state index contributed by atoms with van der Waals surface area (Å²) in [5, 5.41) is 0. The minimum absolute atomic E-state index is 0.0700. The van der Waals surface area contributed by atoms with Crippen LogP contribution in [0.4, 0.5) is 39.5 Å². The molecule has 0 aliphatic heterocycles. The molecule has 0 fully saturated rings. The lowest BCUT2D eigenvalue weighted by Crippen LogP contribution is -2.19. The van der Waals surface area contributed by atoms with Gasteiger partial charge in [0.15, 0.2) is 11.6 Å². The zero-order valence-electron chi connectivity index (χ0n) is 18.6. The highest BCUT2D eigenvalue weighted by molar-refractivity contribution is 5.74. The fraction of sp³-hybridized carbons (Fsp3) is 0.231. The van der Waals surface area contributed by atoms with Crippen molar-refractivity contribution in [3.63, 3.8) is 0 Å². The molecule has 10 heteroatoms. The normalized spacial score (nSPS) is 13.4. The van der Waals surface area contributed by atoms with E-state index in [1.54, 1.807) is 0 Å². The molecule has 1 nitrogen and oxygen atoms in total. The van der Waals surface area contributed by atoms with E-state index in [0.717, 1.165) is 6.07 Å². The highest BCUT2D eigenvalue weighted by atomic mass is 19.4. The third kappa shape index (κ3) is 4.94. The molecule has 0 aromatic heterocycles. The summed E-state index contributed by atoms with van der Waals surface area (Å²) in [7, 11) is 0. The summed E-state index contributed by atoms with van der Waals surface area (Å²) in [6.07, 6.45) is -3.29. The Morgan fingerprint density at radius 3 is 1.92 bits per heavy atom. The van der Waals surface area contributed by atoms with Crippen LogP contribution in [0.3, 0.4) is 0 Å². The molecule has 0 unspecified atom stereocenters. The van der Waals surface area contributed by atoms with Crippen LogP contribution in [0.2, 0.25) is 0 Å². The molecule has 0 saturated heterocycles. The molecule has 0 bridgehead atoms. The first-order valence-corrected chi connectivity index (χ1v) is 10.8. The molecule has 0 amide bonds. The number of ether oxygens (including phenoxy) is 1. The Bertz CT molecular complexity index is 1330. The van der Waals surface area contributed by atoms with Crippen molar-refractivity contribution in [1.82, 2.24) is 0 Å². The smallest absolute Gasteiger partial charge is 0.399 e. The SMILES string of the molecule is CCCc1cc(F)c(C2=CCc3c(cc(F)c(-c4cc(F)c(OC(F)(F)F)c(F)c4)c3F)C2)c(F)c1. The second-order valence-corrected chi connectivity index (χ2v) is 8.30. The van der Waals surface area contributed by atoms with Gasteiger partial charge in [-0.1, -0.05) is 19.4 Å². The number of benzene rings is 3. The fourth-order valence-corrected chi connectivity index (χ4v) is 4.33. The third-order valence-corrected chi connectivity index (χ3v) is 5.81. The number of halogens is 9. The first-order chi connectivity index (χ1) is 16.9. The minimum Gasteiger partial charge on any atom is -0.399 e. The molecule has 0 spiro atoms. The number of aryl methyl sites for hydroxylation is 1. The zero-order valence-corrected chi connectivity index (χ0v) is 18.6. The van der Waals surface area contributed by atoms with E-state index in [0.29, 0.717) is 30.5 Å². The van der Waals surface area contributed by atoms with Crippen LogP contribution in [0.25, 0.3) is 16.7 Å². The molecule has 190 valence electrons. The van der Waals surface area contributed by atoms with Crippen LogP contribution in [0.15, 0.2) is 36.4 Å². The van der Waals surface area contributed by atoms with E-state index in [2.05, 4.69) is 4.74 Å². The Kier molecular flexibility index (Phi) is 6.81. The maximum absolute atomic E-state index is 15.3. The number of allylic oxidation sites excluding steroid dienone is 2. The van der Waals surface area contributed by atoms with Crippen molar-refractivity contribution in [3.05, 3.63) is 93.6 Å². The van der Waals surface area contributed by atoms with Crippen molar-refractivity contribution in [3.8, 4) is 16.9 Å². The molecule has 36 heavy (non-hydrogen) atoms. The minimum atomic E-state index is -5.38. The number of hydrogen-bond donors (Lipinski definition) is 0. The highest BCUT2D eigenvalue weighted by Crippen LogP contribution is 2.39. The van der Waals surface area contributed by atoms with Gasteiger partial charge in [0.05, 0.1) is 5.56 Å². The third-order valence-electron chi connectivity index (χ3n) is 5.81. The monoisotopic (exact) mass is 516 g/mol. The Labute approximate surface area is 199 Å². The van der Waals surface area contributed by atoms with Crippen LogP contribution >= 0.6 is 0 Å². The first kappa shape index (κ1) is 25.7. The molecule has 3 aromatic rings. The van der Waals surface area contributed by atoms with Crippen molar-refractivity contribution in [2.45, 2.75) is 39.0 Å². The Hall–Kier alpha value is -3.43. The van der Waals surface area contributed by atoms with Gasteiger partial charge < -0.3 is 4.74 Å². The molecular weight excluding hydrogens is 499 g/mol. The maximum Gasteiger partial charge on any atom is 0.573 e. The number of fused-ring (bicyclic) bond motifs is 1. The Balaban J connectivity index is 1.72. The standard InChI is InChI=1S/C26H17F9O/c1-2-3-12-6-17(27)22(18(28)7-12)13-4-5-16-14(8-13)9-19(29)23(24(16)32)15-10-20(30)25(21(31)11-15)36-26(33,34)35/h4,6-7,9-11H,2-3,5,8H2,1H3. The van der Waals surface area contributed by atoms with Gasteiger partial charge in [0, 0.05) is 5.56 Å². The highest BCUT2D eigenvalue weighted by Gasteiger charge is 2.34. The Morgan fingerprint density at radius 1 is 0.778 bits per heavy atom. The predicted molar refractivity (Wildman–Crippen MR) is 114 cm³/mol. The van der Waals surface area contributed by atoms with Crippen LogP contribution in [-0.2, 0) is 19.3 Å². The van der Waals surface area contributed by atoms with E-state index >= 15 is 4.39 Å². The lowest BCUT2D eigenvalue weighted by atomic mass is 9.85. The molecule has 0 saturated carbocycles. The summed E-state index contributed by atoms with van der Waals surface area (Å²) < 4.78 is 128. The summed E-state index contributed by atoms with van der Waals surface area (Å²) in [6.45, 7) is 1.86. The van der Waals surface area contributed by atoms with Gasteiger partial charge in [0.25, 0.3) is 0 Å². The van der Waals surface area contributed by atoms with Crippen molar-refractivity contribution in [2.24, 2.45) is 0 Å². The van der Waals surface area contributed by atoms with Crippen molar-refractivity contribution in [1.29, 1.82) is 0 Å². The predicted octanol–water partition coefficient (Wildman–Crippen LogP) is 8.22. The van der Waals surface area contributed by atoms with E-state index in [9.17, 15) is 35.1 Å². The van der Waals surface area contributed by atoms with Crippen LogP contribution in [-0.4, -0.2) is 6.36 Å². The summed E-state index contributed by atoms with van der Waals surface area (Å²) in [6, 6.07) is 3.93. The van der Waals surface area contributed by atoms with E-state index < -0.39 is 58.1 Å². The number of alkyl halides is 3. The second kappa shape index (κ2) is 9.55. The van der Waals surface area contributed by atoms with E-state index in [1.807, 2.05) is 6.92 Å². The van der Waals surface area contributed by atoms with Gasteiger partial charge in [0.1, 0.15) is 23.3 Å². The molecule has 0 atom stereocenters. The quantitative estimate of drug-likeness (QED) is 0.311. The van der Waals surface area contributed by atoms with Crippen molar-refractivity contribution >= 4 is 5.57 Å². The van der Waals surface area contributed by atoms with E-state index in [4.69, 9.17) is 0 Å². The Morgan fingerprint density at radius 2 is 1.36 bits per heavy atom. The number of rotatable bonds is 5. The van der Waals surface area contributed by atoms with Gasteiger partial charge in [-0.3, -0.25) is 0 Å². The van der Waals surface area contributed by atoms with Crippen LogP contribution in [0.1, 0.15) is 35.6 Å². The fourth-order valence-electron chi connectivity index (χ4n) is 4.33. The largest absolute Gasteiger partial charge is 0.573 e. The van der Waals surface area contributed by atoms with Gasteiger partial charge in [-0.15, -0.1) is 13.2 Å². The molecule has 1 aliphatic carbocycles.